The summed E-state index contributed by atoms with van der Waals surface area (Å²) in [5.74, 6) is -0.740. The van der Waals surface area contributed by atoms with Crippen molar-refractivity contribution >= 4 is 34.8 Å². The van der Waals surface area contributed by atoms with E-state index in [1.165, 1.54) is 28.8 Å². The van der Waals surface area contributed by atoms with Gasteiger partial charge in [-0.15, -0.1) is 0 Å². The number of nitrogens with zero attached hydrogens (tertiary/aromatic N) is 2. The molecule has 0 spiro atoms. The van der Waals surface area contributed by atoms with Crippen molar-refractivity contribution in [3.63, 3.8) is 0 Å². The lowest BCUT2D eigenvalue weighted by Crippen LogP contribution is -2.30. The number of aromatic nitrogens is 2. The Morgan fingerprint density at radius 1 is 1.19 bits per heavy atom. The van der Waals surface area contributed by atoms with Gasteiger partial charge in [0.05, 0.1) is 10.7 Å². The van der Waals surface area contributed by atoms with Gasteiger partial charge in [0.25, 0.3) is 5.56 Å². The molecule has 0 aliphatic rings. The Morgan fingerprint density at radius 2 is 1.96 bits per heavy atom. The van der Waals surface area contributed by atoms with Gasteiger partial charge in [-0.1, -0.05) is 29.8 Å². The van der Waals surface area contributed by atoms with Gasteiger partial charge in [0.2, 0.25) is 11.9 Å². The molecule has 1 aromatic heterocycles. The summed E-state index contributed by atoms with van der Waals surface area (Å²) in [5, 5.41) is 5.92. The molecule has 0 aliphatic heterocycles. The first-order chi connectivity index (χ1) is 12.9. The molecule has 0 aliphatic carbocycles. The van der Waals surface area contributed by atoms with E-state index in [0.29, 0.717) is 22.1 Å². The number of benzene rings is 2. The minimum absolute atomic E-state index is 0.139. The molecule has 0 atom stereocenters. The Morgan fingerprint density at radius 3 is 2.70 bits per heavy atom. The van der Waals surface area contributed by atoms with Crippen molar-refractivity contribution in [3.05, 3.63) is 81.5 Å². The van der Waals surface area contributed by atoms with Crippen LogP contribution in [0, 0.1) is 12.7 Å². The number of carbonyl (C=O) groups is 1. The van der Waals surface area contributed by atoms with Gasteiger partial charge in [0, 0.05) is 17.4 Å². The van der Waals surface area contributed by atoms with E-state index in [9.17, 15) is 14.0 Å². The third-order valence-corrected chi connectivity index (χ3v) is 4.00. The summed E-state index contributed by atoms with van der Waals surface area (Å²) in [6, 6.07) is 13.8. The molecule has 0 fully saturated rings. The van der Waals surface area contributed by atoms with Crippen LogP contribution in [0.3, 0.4) is 0 Å². The maximum atomic E-state index is 13.4. The largest absolute Gasteiger partial charge is 0.325 e. The first-order valence-electron chi connectivity index (χ1n) is 8.08. The molecular weight excluding hydrogens is 371 g/mol. The van der Waals surface area contributed by atoms with Crippen LogP contribution in [0.2, 0.25) is 5.02 Å². The Kier molecular flexibility index (Phi) is 5.52. The summed E-state index contributed by atoms with van der Waals surface area (Å²) >= 11 is 6.03. The summed E-state index contributed by atoms with van der Waals surface area (Å²) in [6.45, 7) is 1.38. The Bertz CT molecular complexity index is 1050. The number of amides is 1. The van der Waals surface area contributed by atoms with Crippen LogP contribution in [0.15, 0.2) is 59.4 Å². The fourth-order valence-corrected chi connectivity index (χ4v) is 2.64. The van der Waals surface area contributed by atoms with Crippen LogP contribution in [-0.2, 0) is 11.3 Å². The smallest absolute Gasteiger partial charge is 0.255 e. The van der Waals surface area contributed by atoms with Crippen molar-refractivity contribution in [1.29, 1.82) is 0 Å². The number of anilines is 3. The van der Waals surface area contributed by atoms with Gasteiger partial charge >= 0.3 is 0 Å². The molecule has 138 valence electrons. The lowest BCUT2D eigenvalue weighted by Gasteiger charge is -2.14. The zero-order valence-corrected chi connectivity index (χ0v) is 15.1. The Balaban J connectivity index is 1.87. The molecule has 2 N–H and O–H groups in total. The molecule has 3 aromatic rings. The van der Waals surface area contributed by atoms with Crippen LogP contribution in [0.1, 0.15) is 5.69 Å². The second-order valence-corrected chi connectivity index (χ2v) is 6.22. The fourth-order valence-electron chi connectivity index (χ4n) is 2.46. The lowest BCUT2D eigenvalue weighted by molar-refractivity contribution is -0.116. The normalized spacial score (nSPS) is 10.5. The molecule has 27 heavy (non-hydrogen) atoms. The topological polar surface area (TPSA) is 76.0 Å². The molecule has 0 radical (unpaired) electrons. The maximum absolute atomic E-state index is 13.4. The number of para-hydroxylation sites is 1. The van der Waals surface area contributed by atoms with Crippen molar-refractivity contribution < 1.29 is 9.18 Å². The maximum Gasteiger partial charge on any atom is 0.255 e. The monoisotopic (exact) mass is 386 g/mol. The van der Waals surface area contributed by atoms with Gasteiger partial charge in [-0.05, 0) is 37.3 Å². The molecule has 3 rings (SSSR count). The number of rotatable bonds is 5. The number of hydrogen-bond donors (Lipinski definition) is 2. The zero-order valence-electron chi connectivity index (χ0n) is 14.4. The summed E-state index contributed by atoms with van der Waals surface area (Å²) in [4.78, 5) is 29.0. The summed E-state index contributed by atoms with van der Waals surface area (Å²) < 4.78 is 14.6. The van der Waals surface area contributed by atoms with Crippen LogP contribution in [0.4, 0.5) is 21.7 Å². The van der Waals surface area contributed by atoms with E-state index in [0.717, 1.165) is 0 Å². The number of aryl methyl sites for hydroxylation is 1. The molecule has 1 heterocycles. The molecular formula is C19H16ClFN4O2. The van der Waals surface area contributed by atoms with Crippen molar-refractivity contribution in [3.8, 4) is 0 Å². The molecule has 0 saturated heterocycles. The Labute approximate surface area is 159 Å². The SMILES string of the molecule is Cc1cc(=O)n(CC(=O)Nc2ccccc2Cl)c(Nc2cccc(F)c2)n1. The highest BCUT2D eigenvalue weighted by atomic mass is 35.5. The number of carbonyl (C=O) groups excluding carboxylic acids is 1. The number of hydrogen-bond acceptors (Lipinski definition) is 4. The van der Waals surface area contributed by atoms with E-state index in [2.05, 4.69) is 15.6 Å². The van der Waals surface area contributed by atoms with E-state index < -0.39 is 17.3 Å². The third-order valence-electron chi connectivity index (χ3n) is 3.67. The first-order valence-corrected chi connectivity index (χ1v) is 8.45. The molecule has 2 aromatic carbocycles. The van der Waals surface area contributed by atoms with Gasteiger partial charge in [-0.3, -0.25) is 14.2 Å². The minimum Gasteiger partial charge on any atom is -0.325 e. The molecule has 0 bridgehead atoms. The van der Waals surface area contributed by atoms with Crippen molar-refractivity contribution in [2.24, 2.45) is 0 Å². The summed E-state index contributed by atoms with van der Waals surface area (Å²) in [6.07, 6.45) is 0. The predicted octanol–water partition coefficient (Wildman–Crippen LogP) is 3.73. The van der Waals surface area contributed by atoms with Gasteiger partial charge in [0.15, 0.2) is 0 Å². The van der Waals surface area contributed by atoms with Crippen LogP contribution in [-0.4, -0.2) is 15.5 Å². The van der Waals surface area contributed by atoms with E-state index in [1.807, 2.05) is 0 Å². The Hall–Kier alpha value is -3.19. The van der Waals surface area contributed by atoms with Gasteiger partial charge in [-0.2, -0.15) is 0 Å². The molecule has 0 unspecified atom stereocenters. The highest BCUT2D eigenvalue weighted by molar-refractivity contribution is 6.33. The van der Waals surface area contributed by atoms with Crippen LogP contribution < -0.4 is 16.2 Å². The lowest BCUT2D eigenvalue weighted by atomic mass is 10.3. The first kappa shape index (κ1) is 18.6. The molecule has 6 nitrogen and oxygen atoms in total. The number of nitrogens with one attached hydrogen (secondary N) is 2. The van der Waals surface area contributed by atoms with E-state index in [-0.39, 0.29) is 12.5 Å². The van der Waals surface area contributed by atoms with Gasteiger partial charge in [0.1, 0.15) is 12.4 Å². The minimum atomic E-state index is -0.446. The third kappa shape index (κ3) is 4.71. The van der Waals surface area contributed by atoms with Crippen LogP contribution >= 0.6 is 11.6 Å². The highest BCUT2D eigenvalue weighted by Gasteiger charge is 2.13. The second-order valence-electron chi connectivity index (χ2n) is 5.81. The van der Waals surface area contributed by atoms with Crippen molar-refractivity contribution in [2.75, 3.05) is 10.6 Å². The quantitative estimate of drug-likeness (QED) is 0.700. The van der Waals surface area contributed by atoms with Crippen LogP contribution in [0.5, 0.6) is 0 Å². The van der Waals surface area contributed by atoms with Crippen molar-refractivity contribution in [1.82, 2.24) is 9.55 Å². The second kappa shape index (κ2) is 8.01. The van der Waals surface area contributed by atoms with Crippen molar-refractivity contribution in [2.45, 2.75) is 13.5 Å². The highest BCUT2D eigenvalue weighted by Crippen LogP contribution is 2.20. The summed E-state index contributed by atoms with van der Waals surface area (Å²) in [7, 11) is 0. The molecule has 1 amide bonds. The van der Waals surface area contributed by atoms with E-state index in [4.69, 9.17) is 11.6 Å². The zero-order chi connectivity index (χ0) is 19.4. The molecule has 8 heteroatoms. The molecule has 0 saturated carbocycles. The fraction of sp³-hybridized carbons (Fsp3) is 0.105. The van der Waals surface area contributed by atoms with Gasteiger partial charge in [-0.25, -0.2) is 9.37 Å². The van der Waals surface area contributed by atoms with Crippen LogP contribution in [0.25, 0.3) is 0 Å². The standard InChI is InChI=1S/C19H16ClFN4O2/c1-12-9-18(27)25(11-17(26)24-16-8-3-2-7-15(16)20)19(22-12)23-14-6-4-5-13(21)10-14/h2-10H,11H2,1H3,(H,22,23)(H,24,26). The summed E-state index contributed by atoms with van der Waals surface area (Å²) in [5.41, 5.74) is 0.919. The van der Waals surface area contributed by atoms with Gasteiger partial charge < -0.3 is 10.6 Å². The number of halogens is 2. The van der Waals surface area contributed by atoms with E-state index in [1.54, 1.807) is 37.3 Å². The predicted molar refractivity (Wildman–Crippen MR) is 103 cm³/mol. The average Bonchev–Trinajstić information content (AvgIpc) is 2.60. The van der Waals surface area contributed by atoms with E-state index >= 15 is 0 Å². The average molecular weight is 387 g/mol.